The Balaban J connectivity index is 2.05. The highest BCUT2D eigenvalue weighted by atomic mass is 32.1. The van der Waals surface area contributed by atoms with Gasteiger partial charge in [-0.1, -0.05) is 12.2 Å². The Hall–Kier alpha value is -1.14. The number of thiocarbonyl (C=S) groups is 1. The molecule has 0 bridgehead atoms. The molecule has 0 radical (unpaired) electrons. The van der Waals surface area contributed by atoms with Crippen LogP contribution in [-0.2, 0) is 0 Å². The Morgan fingerprint density at radius 3 is 2.89 bits per heavy atom. The molecule has 1 heterocycles. The van der Waals surface area contributed by atoms with Gasteiger partial charge in [0.2, 0.25) is 0 Å². The van der Waals surface area contributed by atoms with Crippen LogP contribution < -0.4 is 10.5 Å². The fraction of sp³-hybridized carbons (Fsp3) is 0.500. The van der Waals surface area contributed by atoms with E-state index in [-0.39, 0.29) is 5.91 Å². The number of nitrogens with two attached hydrogens (primary N) is 1. The minimum atomic E-state index is 0.0575. The summed E-state index contributed by atoms with van der Waals surface area (Å²) >= 11 is 6.28. The van der Waals surface area contributed by atoms with Crippen LogP contribution in [0.5, 0.6) is 5.75 Å². The van der Waals surface area contributed by atoms with E-state index in [1.807, 2.05) is 10.3 Å². The second-order valence-corrected chi connectivity index (χ2v) is 5.73. The molecule has 1 aliphatic carbocycles. The molecule has 98 valence electrons. The van der Waals surface area contributed by atoms with Crippen molar-refractivity contribution in [2.45, 2.75) is 25.3 Å². The quantitative estimate of drug-likeness (QED) is 0.812. The summed E-state index contributed by atoms with van der Waals surface area (Å²) in [7, 11) is 1.60. The van der Waals surface area contributed by atoms with Gasteiger partial charge in [-0.15, -0.1) is 11.3 Å². The second-order valence-electron chi connectivity index (χ2n) is 4.30. The molecule has 1 aliphatic rings. The van der Waals surface area contributed by atoms with E-state index < -0.39 is 0 Å². The smallest absolute Gasteiger partial charge is 0.264 e. The van der Waals surface area contributed by atoms with Gasteiger partial charge in [0.25, 0.3) is 5.91 Å². The highest BCUT2D eigenvalue weighted by molar-refractivity contribution is 7.80. The van der Waals surface area contributed by atoms with Gasteiger partial charge in [0.1, 0.15) is 5.75 Å². The zero-order valence-electron chi connectivity index (χ0n) is 10.2. The molecule has 4 nitrogen and oxygen atoms in total. The zero-order valence-corrected chi connectivity index (χ0v) is 11.9. The first-order chi connectivity index (χ1) is 8.61. The highest BCUT2D eigenvalue weighted by Crippen LogP contribution is 2.30. The number of nitrogens with zero attached hydrogens (tertiary/aromatic N) is 1. The van der Waals surface area contributed by atoms with Gasteiger partial charge in [0.05, 0.1) is 17.0 Å². The van der Waals surface area contributed by atoms with Gasteiger partial charge < -0.3 is 15.4 Å². The van der Waals surface area contributed by atoms with Gasteiger partial charge in [-0.05, 0) is 12.8 Å². The molecule has 0 unspecified atom stereocenters. The zero-order chi connectivity index (χ0) is 13.1. The van der Waals surface area contributed by atoms with Gasteiger partial charge in [0, 0.05) is 30.5 Å². The number of rotatable bonds is 6. The Labute approximate surface area is 116 Å². The summed E-state index contributed by atoms with van der Waals surface area (Å²) in [4.78, 5) is 15.4. The average molecular weight is 284 g/mol. The van der Waals surface area contributed by atoms with Crippen LogP contribution in [0.25, 0.3) is 0 Å². The lowest BCUT2D eigenvalue weighted by molar-refractivity contribution is 0.0752. The number of hydrogen-bond donors (Lipinski definition) is 1. The highest BCUT2D eigenvalue weighted by Gasteiger charge is 2.33. The summed E-state index contributed by atoms with van der Waals surface area (Å²) in [5, 5.41) is 1.84. The maximum atomic E-state index is 12.4. The first-order valence-corrected chi connectivity index (χ1v) is 7.12. The van der Waals surface area contributed by atoms with Gasteiger partial charge in [-0.3, -0.25) is 4.79 Å². The molecule has 1 aromatic rings. The topological polar surface area (TPSA) is 55.6 Å². The maximum absolute atomic E-state index is 12.4. The molecule has 2 rings (SSSR count). The minimum absolute atomic E-state index is 0.0575. The average Bonchev–Trinajstić information content (AvgIpc) is 3.06. The number of methoxy groups -OCH3 is 1. The predicted molar refractivity (Wildman–Crippen MR) is 76.3 cm³/mol. The Bertz CT molecular complexity index is 455. The van der Waals surface area contributed by atoms with Crippen LogP contribution in [0.3, 0.4) is 0 Å². The van der Waals surface area contributed by atoms with Crippen LogP contribution in [0.4, 0.5) is 0 Å². The van der Waals surface area contributed by atoms with E-state index >= 15 is 0 Å². The van der Waals surface area contributed by atoms with Crippen LogP contribution in [0.15, 0.2) is 11.4 Å². The standard InChI is InChI=1S/C12H16N2O2S2/c1-16-9-6-10(18-7-9)12(15)14(8-2-3-8)5-4-11(13)17/h6-8H,2-5H2,1H3,(H2,13,17). The van der Waals surface area contributed by atoms with Crippen molar-refractivity contribution in [3.8, 4) is 5.75 Å². The Morgan fingerprint density at radius 1 is 1.67 bits per heavy atom. The molecule has 1 aromatic heterocycles. The van der Waals surface area contributed by atoms with Crippen molar-refractivity contribution in [3.05, 3.63) is 16.3 Å². The van der Waals surface area contributed by atoms with E-state index in [0.717, 1.165) is 18.6 Å². The second kappa shape index (κ2) is 5.67. The van der Waals surface area contributed by atoms with E-state index in [0.29, 0.717) is 28.9 Å². The van der Waals surface area contributed by atoms with Gasteiger partial charge in [-0.25, -0.2) is 0 Å². The summed E-state index contributed by atoms with van der Waals surface area (Å²) in [6.07, 6.45) is 2.73. The number of ether oxygens (including phenoxy) is 1. The normalized spacial score (nSPS) is 14.3. The lowest BCUT2D eigenvalue weighted by atomic mass is 10.3. The van der Waals surface area contributed by atoms with E-state index in [1.54, 1.807) is 13.2 Å². The monoisotopic (exact) mass is 284 g/mol. The molecular weight excluding hydrogens is 268 g/mol. The molecule has 0 atom stereocenters. The molecule has 18 heavy (non-hydrogen) atoms. The summed E-state index contributed by atoms with van der Waals surface area (Å²) in [5.74, 6) is 0.787. The fourth-order valence-electron chi connectivity index (χ4n) is 1.75. The summed E-state index contributed by atoms with van der Waals surface area (Å²) in [6, 6.07) is 2.14. The van der Waals surface area contributed by atoms with Gasteiger partial charge >= 0.3 is 0 Å². The summed E-state index contributed by atoms with van der Waals surface area (Å²) < 4.78 is 5.10. The molecule has 0 aliphatic heterocycles. The van der Waals surface area contributed by atoms with Crippen LogP contribution in [-0.4, -0.2) is 35.5 Å². The van der Waals surface area contributed by atoms with E-state index in [2.05, 4.69) is 0 Å². The van der Waals surface area contributed by atoms with Crippen LogP contribution >= 0.6 is 23.6 Å². The van der Waals surface area contributed by atoms with E-state index in [9.17, 15) is 4.79 Å². The van der Waals surface area contributed by atoms with Crippen molar-refractivity contribution in [1.29, 1.82) is 0 Å². The first kappa shape index (κ1) is 13.3. The SMILES string of the molecule is COc1csc(C(=O)N(CCC(N)=S)C2CC2)c1. The Kier molecular flexibility index (Phi) is 4.19. The van der Waals surface area contributed by atoms with Gasteiger partial charge in [0.15, 0.2) is 0 Å². The van der Waals surface area contributed by atoms with Crippen LogP contribution in [0.1, 0.15) is 28.9 Å². The molecule has 0 saturated heterocycles. The number of carbonyl (C=O) groups excluding carboxylic acids is 1. The van der Waals surface area contributed by atoms with Crippen molar-refractivity contribution in [2.75, 3.05) is 13.7 Å². The van der Waals surface area contributed by atoms with Crippen molar-refractivity contribution >= 4 is 34.5 Å². The molecule has 0 spiro atoms. The Morgan fingerprint density at radius 2 is 2.39 bits per heavy atom. The number of thiophene rings is 1. The minimum Gasteiger partial charge on any atom is -0.496 e. The van der Waals surface area contributed by atoms with Crippen LogP contribution in [0, 0.1) is 0 Å². The third-order valence-electron chi connectivity index (χ3n) is 2.87. The van der Waals surface area contributed by atoms with Crippen molar-refractivity contribution in [1.82, 2.24) is 4.90 Å². The summed E-state index contributed by atoms with van der Waals surface area (Å²) in [5.41, 5.74) is 5.50. The maximum Gasteiger partial charge on any atom is 0.264 e. The van der Waals surface area contributed by atoms with E-state index in [1.165, 1.54) is 11.3 Å². The summed E-state index contributed by atoms with van der Waals surface area (Å²) in [6.45, 7) is 0.610. The number of carbonyl (C=O) groups is 1. The molecular formula is C12H16N2O2S2. The predicted octanol–water partition coefficient (Wildman–Crippen LogP) is 2.04. The molecule has 1 amide bonds. The third-order valence-corrected chi connectivity index (χ3v) is 3.97. The number of hydrogen-bond acceptors (Lipinski definition) is 4. The fourth-order valence-corrected chi connectivity index (χ4v) is 2.65. The lowest BCUT2D eigenvalue weighted by Crippen LogP contribution is -2.35. The lowest BCUT2D eigenvalue weighted by Gasteiger charge is -2.21. The van der Waals surface area contributed by atoms with Crippen molar-refractivity contribution in [3.63, 3.8) is 0 Å². The van der Waals surface area contributed by atoms with Crippen molar-refractivity contribution < 1.29 is 9.53 Å². The van der Waals surface area contributed by atoms with Crippen molar-refractivity contribution in [2.24, 2.45) is 5.73 Å². The number of amides is 1. The molecule has 1 fully saturated rings. The third kappa shape index (κ3) is 3.20. The molecule has 2 N–H and O–H groups in total. The van der Waals surface area contributed by atoms with Crippen LogP contribution in [0.2, 0.25) is 0 Å². The van der Waals surface area contributed by atoms with Gasteiger partial charge in [-0.2, -0.15) is 0 Å². The molecule has 1 saturated carbocycles. The van der Waals surface area contributed by atoms with E-state index in [4.69, 9.17) is 22.7 Å². The molecule has 0 aromatic carbocycles. The first-order valence-electron chi connectivity index (χ1n) is 5.83. The molecule has 6 heteroatoms. The largest absolute Gasteiger partial charge is 0.496 e.